The first-order valence-corrected chi connectivity index (χ1v) is 6.03. The normalized spacial score (nSPS) is 10.3. The lowest BCUT2D eigenvalue weighted by Crippen LogP contribution is -2.01. The van der Waals surface area contributed by atoms with Crippen molar-refractivity contribution in [1.82, 2.24) is 0 Å². The molecule has 2 nitrogen and oxygen atoms in total. The van der Waals surface area contributed by atoms with Crippen LogP contribution in [0.15, 0.2) is 48.5 Å². The number of phenols is 1. The van der Waals surface area contributed by atoms with Gasteiger partial charge in [0.15, 0.2) is 5.78 Å². The largest absolute Gasteiger partial charge is 0.507 e. The highest BCUT2D eigenvalue weighted by molar-refractivity contribution is 5.98. The van der Waals surface area contributed by atoms with Gasteiger partial charge in [-0.15, -0.1) is 0 Å². The Hall–Kier alpha value is -2.09. The van der Waals surface area contributed by atoms with Gasteiger partial charge < -0.3 is 5.11 Å². The Bertz CT molecular complexity index is 541. The molecule has 1 N–H and O–H groups in total. The number of phenolic OH excluding ortho intramolecular Hbond substituents is 1. The minimum atomic E-state index is -0.0197. The molecule has 0 fully saturated rings. The number of ketones is 1. The number of hydrogen-bond donors (Lipinski definition) is 1. The average Bonchev–Trinajstić information content (AvgIpc) is 2.38. The van der Waals surface area contributed by atoms with Crippen LogP contribution >= 0.6 is 0 Å². The standard InChI is InChI=1S/C16H16O2/c1-12-6-8-13(9-7-12)10-11-16(18)14-4-2-3-5-15(14)17/h2-9,17H,10-11H2,1H3. The number of para-hydroxylation sites is 1. The maximum absolute atomic E-state index is 11.9. The van der Waals surface area contributed by atoms with E-state index in [9.17, 15) is 9.90 Å². The Morgan fingerprint density at radius 2 is 1.72 bits per heavy atom. The molecular formula is C16H16O2. The summed E-state index contributed by atoms with van der Waals surface area (Å²) in [5.74, 6) is 0.0417. The van der Waals surface area contributed by atoms with Crippen LogP contribution in [0.4, 0.5) is 0 Å². The summed E-state index contributed by atoms with van der Waals surface area (Å²) in [5.41, 5.74) is 2.76. The van der Waals surface area contributed by atoms with E-state index in [4.69, 9.17) is 0 Å². The summed E-state index contributed by atoms with van der Waals surface area (Å²) in [7, 11) is 0. The molecule has 18 heavy (non-hydrogen) atoms. The molecule has 0 aliphatic rings. The van der Waals surface area contributed by atoms with Crippen LogP contribution in [-0.2, 0) is 6.42 Å². The van der Waals surface area contributed by atoms with Gasteiger partial charge >= 0.3 is 0 Å². The fourth-order valence-corrected chi connectivity index (χ4v) is 1.86. The van der Waals surface area contributed by atoms with Crippen molar-refractivity contribution >= 4 is 5.78 Å². The number of aromatic hydroxyl groups is 1. The zero-order valence-corrected chi connectivity index (χ0v) is 10.4. The summed E-state index contributed by atoms with van der Waals surface area (Å²) in [6.07, 6.45) is 1.12. The van der Waals surface area contributed by atoms with Crippen LogP contribution < -0.4 is 0 Å². The van der Waals surface area contributed by atoms with E-state index in [1.54, 1.807) is 24.3 Å². The number of carbonyl (C=O) groups is 1. The van der Waals surface area contributed by atoms with Gasteiger partial charge in [0, 0.05) is 6.42 Å². The van der Waals surface area contributed by atoms with E-state index in [2.05, 4.69) is 0 Å². The third-order valence-corrected chi connectivity index (χ3v) is 2.97. The van der Waals surface area contributed by atoms with Gasteiger partial charge in [-0.05, 0) is 31.0 Å². The number of carbonyl (C=O) groups excluding carboxylic acids is 1. The Labute approximate surface area is 107 Å². The van der Waals surface area contributed by atoms with Crippen molar-refractivity contribution in [3.8, 4) is 5.75 Å². The molecule has 2 heteroatoms. The molecule has 0 aliphatic carbocycles. The molecular weight excluding hydrogens is 224 g/mol. The number of aryl methyl sites for hydroxylation is 2. The van der Waals surface area contributed by atoms with Crippen LogP contribution in [0.3, 0.4) is 0 Å². The van der Waals surface area contributed by atoms with Gasteiger partial charge in [-0.25, -0.2) is 0 Å². The summed E-state index contributed by atoms with van der Waals surface area (Å²) < 4.78 is 0. The molecule has 0 saturated carbocycles. The van der Waals surface area contributed by atoms with Gasteiger partial charge in [-0.2, -0.15) is 0 Å². The van der Waals surface area contributed by atoms with Crippen LogP contribution in [0.25, 0.3) is 0 Å². The number of rotatable bonds is 4. The summed E-state index contributed by atoms with van der Waals surface area (Å²) in [4.78, 5) is 11.9. The SMILES string of the molecule is Cc1ccc(CCC(=O)c2ccccc2O)cc1. The molecule has 0 unspecified atom stereocenters. The number of Topliss-reactive ketones (excluding diaryl/α,β-unsaturated/α-hetero) is 1. The van der Waals surface area contributed by atoms with E-state index < -0.39 is 0 Å². The van der Waals surface area contributed by atoms with Crippen LogP contribution in [0.5, 0.6) is 5.75 Å². The van der Waals surface area contributed by atoms with Gasteiger partial charge in [-0.3, -0.25) is 4.79 Å². The Balaban J connectivity index is 2.01. The predicted octanol–water partition coefficient (Wildman–Crippen LogP) is 3.52. The van der Waals surface area contributed by atoms with Gasteiger partial charge in [0.1, 0.15) is 5.75 Å². The highest BCUT2D eigenvalue weighted by Gasteiger charge is 2.09. The van der Waals surface area contributed by atoms with Crippen LogP contribution in [0.2, 0.25) is 0 Å². The van der Waals surface area contributed by atoms with Crippen molar-refractivity contribution in [1.29, 1.82) is 0 Å². The average molecular weight is 240 g/mol. The van der Waals surface area contributed by atoms with Gasteiger partial charge in [0.2, 0.25) is 0 Å². The molecule has 0 radical (unpaired) electrons. The molecule has 2 aromatic carbocycles. The molecule has 0 atom stereocenters. The summed E-state index contributed by atoms with van der Waals surface area (Å²) >= 11 is 0. The topological polar surface area (TPSA) is 37.3 Å². The van der Waals surface area contributed by atoms with E-state index in [0.717, 1.165) is 5.56 Å². The lowest BCUT2D eigenvalue weighted by atomic mass is 10.0. The van der Waals surface area contributed by atoms with Crippen LogP contribution in [0.1, 0.15) is 27.9 Å². The third-order valence-electron chi connectivity index (χ3n) is 2.97. The third kappa shape index (κ3) is 2.98. The van der Waals surface area contributed by atoms with Gasteiger partial charge in [0.25, 0.3) is 0 Å². The molecule has 0 spiro atoms. The van der Waals surface area contributed by atoms with Crippen LogP contribution in [-0.4, -0.2) is 10.9 Å². The smallest absolute Gasteiger partial charge is 0.166 e. The van der Waals surface area contributed by atoms with Crippen molar-refractivity contribution in [2.75, 3.05) is 0 Å². The van der Waals surface area contributed by atoms with Gasteiger partial charge in [0.05, 0.1) is 5.56 Å². The van der Waals surface area contributed by atoms with E-state index in [0.29, 0.717) is 18.4 Å². The first-order valence-electron chi connectivity index (χ1n) is 6.03. The first kappa shape index (κ1) is 12.4. The number of hydrogen-bond acceptors (Lipinski definition) is 2. The highest BCUT2D eigenvalue weighted by atomic mass is 16.3. The summed E-state index contributed by atoms with van der Waals surface area (Å²) in [5, 5.41) is 9.59. The van der Waals surface area contributed by atoms with Crippen molar-refractivity contribution in [3.63, 3.8) is 0 Å². The van der Waals surface area contributed by atoms with Crippen molar-refractivity contribution in [2.24, 2.45) is 0 Å². The quantitative estimate of drug-likeness (QED) is 0.830. The predicted molar refractivity (Wildman–Crippen MR) is 71.9 cm³/mol. The summed E-state index contributed by atoms with van der Waals surface area (Å²) in [6.45, 7) is 2.04. The minimum Gasteiger partial charge on any atom is -0.507 e. The Morgan fingerprint density at radius 3 is 2.39 bits per heavy atom. The van der Waals surface area contributed by atoms with Crippen molar-refractivity contribution < 1.29 is 9.90 Å². The zero-order valence-electron chi connectivity index (χ0n) is 10.4. The first-order chi connectivity index (χ1) is 8.66. The van der Waals surface area contributed by atoms with E-state index in [1.807, 2.05) is 31.2 Å². The minimum absolute atomic E-state index is 0.0197. The Kier molecular flexibility index (Phi) is 3.78. The highest BCUT2D eigenvalue weighted by Crippen LogP contribution is 2.18. The maximum Gasteiger partial charge on any atom is 0.166 e. The fraction of sp³-hybridized carbons (Fsp3) is 0.188. The molecule has 92 valence electrons. The molecule has 0 saturated heterocycles. The van der Waals surface area contributed by atoms with Crippen molar-refractivity contribution in [3.05, 3.63) is 65.2 Å². The zero-order chi connectivity index (χ0) is 13.0. The van der Waals surface area contributed by atoms with E-state index >= 15 is 0 Å². The Morgan fingerprint density at radius 1 is 1.06 bits per heavy atom. The summed E-state index contributed by atoms with van der Waals surface area (Å²) in [6, 6.07) is 14.8. The molecule has 0 amide bonds. The monoisotopic (exact) mass is 240 g/mol. The second kappa shape index (κ2) is 5.50. The molecule has 0 heterocycles. The fourth-order valence-electron chi connectivity index (χ4n) is 1.86. The molecule has 0 aromatic heterocycles. The molecule has 0 aliphatic heterocycles. The van der Waals surface area contributed by atoms with Crippen LogP contribution in [0, 0.1) is 6.92 Å². The number of benzene rings is 2. The molecule has 0 bridgehead atoms. The lowest BCUT2D eigenvalue weighted by Gasteiger charge is -2.04. The maximum atomic E-state index is 11.9. The van der Waals surface area contributed by atoms with E-state index in [-0.39, 0.29) is 11.5 Å². The van der Waals surface area contributed by atoms with Crippen molar-refractivity contribution in [2.45, 2.75) is 19.8 Å². The second-order valence-electron chi connectivity index (χ2n) is 4.43. The lowest BCUT2D eigenvalue weighted by molar-refractivity contribution is 0.0980. The molecule has 2 aromatic rings. The second-order valence-corrected chi connectivity index (χ2v) is 4.43. The molecule has 2 rings (SSSR count). The van der Waals surface area contributed by atoms with Gasteiger partial charge in [-0.1, -0.05) is 42.0 Å². The van der Waals surface area contributed by atoms with E-state index in [1.165, 1.54) is 5.56 Å².